The molecule has 0 amide bonds. The van der Waals surface area contributed by atoms with E-state index in [-0.39, 0.29) is 11.3 Å². The van der Waals surface area contributed by atoms with Crippen molar-refractivity contribution in [1.82, 2.24) is 9.55 Å². The van der Waals surface area contributed by atoms with E-state index in [2.05, 4.69) is 11.1 Å². The molecule has 0 saturated heterocycles. The molecule has 1 aliphatic rings. The number of pyridine rings is 2. The van der Waals surface area contributed by atoms with Crippen LogP contribution in [0.15, 0.2) is 23.0 Å². The Labute approximate surface area is 98.2 Å². The third-order valence-electron chi connectivity index (χ3n) is 3.23. The SMILES string of the molecule is Cc1cc2c(nc1C)-c1cc(O)cc(=O)n1C2. The number of aromatic hydroxyl groups is 1. The summed E-state index contributed by atoms with van der Waals surface area (Å²) >= 11 is 0. The number of rotatable bonds is 0. The maximum Gasteiger partial charge on any atom is 0.255 e. The van der Waals surface area contributed by atoms with Gasteiger partial charge < -0.3 is 9.67 Å². The van der Waals surface area contributed by atoms with Gasteiger partial charge in [0.1, 0.15) is 5.75 Å². The van der Waals surface area contributed by atoms with Crippen LogP contribution in [0.25, 0.3) is 11.4 Å². The quantitative estimate of drug-likeness (QED) is 0.635. The van der Waals surface area contributed by atoms with E-state index in [0.29, 0.717) is 12.2 Å². The molecule has 3 rings (SSSR count). The highest BCUT2D eigenvalue weighted by Gasteiger charge is 2.22. The van der Waals surface area contributed by atoms with Gasteiger partial charge in [0.15, 0.2) is 0 Å². The Morgan fingerprint density at radius 3 is 2.82 bits per heavy atom. The van der Waals surface area contributed by atoms with E-state index in [4.69, 9.17) is 0 Å². The van der Waals surface area contributed by atoms with Gasteiger partial charge in [-0.25, -0.2) is 0 Å². The fraction of sp³-hybridized carbons (Fsp3) is 0.231. The predicted octanol–water partition coefficient (Wildman–Crippen LogP) is 1.59. The van der Waals surface area contributed by atoms with Gasteiger partial charge in [-0.05, 0) is 19.4 Å². The summed E-state index contributed by atoms with van der Waals surface area (Å²) in [6, 6.07) is 4.88. The molecular weight excluding hydrogens is 216 g/mol. The summed E-state index contributed by atoms with van der Waals surface area (Å²) in [4.78, 5) is 16.3. The van der Waals surface area contributed by atoms with Crippen molar-refractivity contribution >= 4 is 0 Å². The second-order valence-corrected chi connectivity index (χ2v) is 4.42. The lowest BCUT2D eigenvalue weighted by molar-refractivity contribution is 0.472. The molecule has 0 aliphatic carbocycles. The van der Waals surface area contributed by atoms with E-state index in [0.717, 1.165) is 22.5 Å². The molecule has 1 N–H and O–H groups in total. The Morgan fingerprint density at radius 1 is 1.29 bits per heavy atom. The van der Waals surface area contributed by atoms with E-state index < -0.39 is 0 Å². The largest absolute Gasteiger partial charge is 0.508 e. The van der Waals surface area contributed by atoms with Crippen molar-refractivity contribution in [2.45, 2.75) is 20.4 Å². The Balaban J connectivity index is 2.34. The molecule has 0 radical (unpaired) electrons. The summed E-state index contributed by atoms with van der Waals surface area (Å²) in [7, 11) is 0. The first-order valence-corrected chi connectivity index (χ1v) is 5.47. The summed E-state index contributed by atoms with van der Waals surface area (Å²) in [6.45, 7) is 4.49. The van der Waals surface area contributed by atoms with E-state index in [9.17, 15) is 9.90 Å². The first-order valence-electron chi connectivity index (χ1n) is 5.47. The van der Waals surface area contributed by atoms with Gasteiger partial charge >= 0.3 is 0 Å². The topological polar surface area (TPSA) is 55.1 Å². The average Bonchev–Trinajstić information content (AvgIpc) is 2.58. The molecule has 0 fully saturated rings. The molecule has 2 aromatic heterocycles. The van der Waals surface area contributed by atoms with Crippen molar-refractivity contribution in [3.05, 3.63) is 45.4 Å². The van der Waals surface area contributed by atoms with Gasteiger partial charge in [-0.3, -0.25) is 9.78 Å². The second kappa shape index (κ2) is 3.20. The van der Waals surface area contributed by atoms with Gasteiger partial charge in [-0.1, -0.05) is 6.07 Å². The van der Waals surface area contributed by atoms with Crippen LogP contribution < -0.4 is 5.56 Å². The lowest BCUT2D eigenvalue weighted by Crippen LogP contribution is -2.16. The maximum atomic E-state index is 11.7. The maximum absolute atomic E-state index is 11.7. The van der Waals surface area contributed by atoms with E-state index in [1.54, 1.807) is 10.6 Å². The minimum atomic E-state index is -0.187. The molecule has 1 aliphatic heterocycles. The van der Waals surface area contributed by atoms with Crippen molar-refractivity contribution in [2.75, 3.05) is 0 Å². The molecule has 0 atom stereocenters. The summed E-state index contributed by atoms with van der Waals surface area (Å²) in [5.74, 6) is -0.00544. The second-order valence-electron chi connectivity index (χ2n) is 4.42. The third-order valence-corrected chi connectivity index (χ3v) is 3.23. The number of fused-ring (bicyclic) bond motifs is 3. The number of hydrogen-bond acceptors (Lipinski definition) is 3. The summed E-state index contributed by atoms with van der Waals surface area (Å²) < 4.78 is 1.64. The highest BCUT2D eigenvalue weighted by molar-refractivity contribution is 5.65. The van der Waals surface area contributed by atoms with E-state index >= 15 is 0 Å². The molecule has 3 heterocycles. The van der Waals surface area contributed by atoms with Crippen LogP contribution in [0, 0.1) is 13.8 Å². The molecule has 0 spiro atoms. The zero-order chi connectivity index (χ0) is 12.2. The van der Waals surface area contributed by atoms with Gasteiger partial charge in [0.25, 0.3) is 5.56 Å². The molecule has 0 bridgehead atoms. The first kappa shape index (κ1) is 10.1. The van der Waals surface area contributed by atoms with Crippen molar-refractivity contribution in [2.24, 2.45) is 0 Å². The average molecular weight is 228 g/mol. The Morgan fingerprint density at radius 2 is 2.06 bits per heavy atom. The zero-order valence-corrected chi connectivity index (χ0v) is 9.69. The lowest BCUT2D eigenvalue weighted by atomic mass is 10.1. The Kier molecular flexibility index (Phi) is 1.90. The molecule has 4 heteroatoms. The summed E-state index contributed by atoms with van der Waals surface area (Å²) in [6.07, 6.45) is 0. The van der Waals surface area contributed by atoms with Crippen molar-refractivity contribution in [3.63, 3.8) is 0 Å². The predicted molar refractivity (Wildman–Crippen MR) is 64.2 cm³/mol. The van der Waals surface area contributed by atoms with Gasteiger partial charge in [0, 0.05) is 23.4 Å². The molecule has 0 unspecified atom stereocenters. The third kappa shape index (κ3) is 1.37. The summed E-state index contributed by atoms with van der Waals surface area (Å²) in [5.41, 5.74) is 4.43. The van der Waals surface area contributed by atoms with Crippen molar-refractivity contribution < 1.29 is 5.11 Å². The number of aryl methyl sites for hydroxylation is 2. The van der Waals surface area contributed by atoms with Crippen LogP contribution in [0.1, 0.15) is 16.8 Å². The molecule has 0 saturated carbocycles. The molecule has 86 valence electrons. The highest BCUT2D eigenvalue weighted by atomic mass is 16.3. The Bertz CT molecular complexity index is 687. The smallest absolute Gasteiger partial charge is 0.255 e. The van der Waals surface area contributed by atoms with Crippen LogP contribution in [0.4, 0.5) is 0 Å². The molecule has 2 aromatic rings. The molecule has 4 nitrogen and oxygen atoms in total. The van der Waals surface area contributed by atoms with Gasteiger partial charge in [0.2, 0.25) is 0 Å². The van der Waals surface area contributed by atoms with Gasteiger partial charge in [-0.15, -0.1) is 0 Å². The van der Waals surface area contributed by atoms with Crippen LogP contribution in [0.5, 0.6) is 5.75 Å². The van der Waals surface area contributed by atoms with Crippen molar-refractivity contribution in [1.29, 1.82) is 0 Å². The number of hydrogen-bond donors (Lipinski definition) is 1. The van der Waals surface area contributed by atoms with Crippen LogP contribution in [-0.2, 0) is 6.54 Å². The Hall–Kier alpha value is -2.10. The summed E-state index contributed by atoms with van der Waals surface area (Å²) in [5, 5.41) is 9.49. The van der Waals surface area contributed by atoms with Gasteiger partial charge in [-0.2, -0.15) is 0 Å². The van der Waals surface area contributed by atoms with E-state index in [1.165, 1.54) is 6.07 Å². The molecule has 0 aromatic carbocycles. The minimum absolute atomic E-state index is 0.00544. The normalized spacial score (nSPS) is 12.4. The molecular formula is C13H12N2O2. The van der Waals surface area contributed by atoms with E-state index in [1.807, 2.05) is 13.8 Å². The lowest BCUT2D eigenvalue weighted by Gasteiger charge is -2.04. The highest BCUT2D eigenvalue weighted by Crippen LogP contribution is 2.31. The van der Waals surface area contributed by atoms with Crippen LogP contribution in [0.3, 0.4) is 0 Å². The molecule has 17 heavy (non-hydrogen) atoms. The van der Waals surface area contributed by atoms with Crippen molar-refractivity contribution in [3.8, 4) is 17.1 Å². The monoisotopic (exact) mass is 228 g/mol. The van der Waals surface area contributed by atoms with Gasteiger partial charge in [0.05, 0.1) is 17.9 Å². The fourth-order valence-electron chi connectivity index (χ4n) is 2.22. The fourth-order valence-corrected chi connectivity index (χ4v) is 2.22. The number of nitrogens with zero attached hydrogens (tertiary/aromatic N) is 2. The number of aromatic nitrogens is 2. The minimum Gasteiger partial charge on any atom is -0.508 e. The van der Waals surface area contributed by atoms with Crippen LogP contribution in [-0.4, -0.2) is 14.7 Å². The first-order chi connectivity index (χ1) is 8.06. The van der Waals surface area contributed by atoms with Crippen LogP contribution in [0.2, 0.25) is 0 Å². The van der Waals surface area contributed by atoms with Crippen LogP contribution >= 0.6 is 0 Å². The standard InChI is InChI=1S/C13H12N2O2/c1-7-3-9-6-15-11(13(9)14-8(7)2)4-10(16)5-12(15)17/h3-5,16H,6H2,1-2H3. The zero-order valence-electron chi connectivity index (χ0n) is 9.69.